The fourth-order valence-electron chi connectivity index (χ4n) is 2.92. The van der Waals surface area contributed by atoms with Crippen molar-refractivity contribution in [2.75, 3.05) is 17.7 Å². The Balaban J connectivity index is 1.63. The molecule has 3 amide bonds. The molecule has 0 saturated carbocycles. The molecular formula is C23H22F2N4O4S. The average Bonchev–Trinajstić information content (AvgIpc) is 3.29. The van der Waals surface area contributed by atoms with Crippen molar-refractivity contribution >= 4 is 40.6 Å². The van der Waals surface area contributed by atoms with Crippen LogP contribution in [0, 0.1) is 17.6 Å². The van der Waals surface area contributed by atoms with E-state index < -0.39 is 35.6 Å². The molecule has 0 aliphatic carbocycles. The predicted molar refractivity (Wildman–Crippen MR) is 125 cm³/mol. The quantitative estimate of drug-likeness (QED) is 0.419. The molecule has 0 spiro atoms. The zero-order valence-electron chi connectivity index (χ0n) is 18.5. The number of esters is 1. The van der Waals surface area contributed by atoms with Crippen molar-refractivity contribution in [1.29, 1.82) is 0 Å². The first-order chi connectivity index (χ1) is 16.2. The largest absolute Gasteiger partial charge is 0.467 e. The Morgan fingerprint density at radius 1 is 1.03 bits per heavy atom. The third-order valence-electron chi connectivity index (χ3n) is 4.71. The number of urea groups is 1. The molecule has 1 aromatic heterocycles. The molecule has 2 aromatic carbocycles. The second-order valence-electron chi connectivity index (χ2n) is 7.54. The van der Waals surface area contributed by atoms with Crippen molar-refractivity contribution < 1.29 is 27.9 Å². The lowest BCUT2D eigenvalue weighted by atomic mass is 10.0. The van der Waals surface area contributed by atoms with E-state index in [1.165, 1.54) is 18.4 Å². The van der Waals surface area contributed by atoms with Crippen LogP contribution in [0.4, 0.5) is 25.0 Å². The maximum atomic E-state index is 13.7. The number of hydrogen-bond acceptors (Lipinski definition) is 6. The molecule has 8 nitrogen and oxygen atoms in total. The van der Waals surface area contributed by atoms with Crippen molar-refractivity contribution in [1.82, 2.24) is 10.3 Å². The minimum atomic E-state index is -0.889. The van der Waals surface area contributed by atoms with Gasteiger partial charge >= 0.3 is 12.0 Å². The third kappa shape index (κ3) is 6.13. The van der Waals surface area contributed by atoms with Crippen LogP contribution >= 0.6 is 11.3 Å². The lowest BCUT2D eigenvalue weighted by Gasteiger charge is -2.19. The molecule has 1 atom stereocenters. The van der Waals surface area contributed by atoms with E-state index in [0.717, 1.165) is 12.1 Å². The number of carbonyl (C=O) groups excluding carboxylic acids is 3. The minimum absolute atomic E-state index is 0.156. The van der Waals surface area contributed by atoms with Gasteiger partial charge in [-0.15, -0.1) is 11.3 Å². The molecule has 0 bridgehead atoms. The van der Waals surface area contributed by atoms with Crippen molar-refractivity contribution in [3.63, 3.8) is 0 Å². The van der Waals surface area contributed by atoms with Crippen LogP contribution in [-0.4, -0.2) is 36.0 Å². The van der Waals surface area contributed by atoms with Crippen LogP contribution in [0.2, 0.25) is 0 Å². The molecule has 3 rings (SSSR count). The number of nitrogens with zero attached hydrogens (tertiary/aromatic N) is 1. The number of rotatable bonds is 7. The van der Waals surface area contributed by atoms with Gasteiger partial charge in [-0.2, -0.15) is 0 Å². The second kappa shape index (κ2) is 10.8. The molecule has 0 unspecified atom stereocenters. The lowest BCUT2D eigenvalue weighted by molar-refractivity contribution is -0.144. The first kappa shape index (κ1) is 24.8. The number of thiazole rings is 1. The van der Waals surface area contributed by atoms with Gasteiger partial charge in [0.15, 0.2) is 0 Å². The molecule has 34 heavy (non-hydrogen) atoms. The van der Waals surface area contributed by atoms with Crippen LogP contribution in [0.15, 0.2) is 47.8 Å². The molecule has 0 radical (unpaired) electrons. The van der Waals surface area contributed by atoms with Gasteiger partial charge in [-0.3, -0.25) is 4.79 Å². The number of amides is 3. The molecule has 3 N–H and O–H groups in total. The molecule has 0 saturated heterocycles. The minimum Gasteiger partial charge on any atom is -0.467 e. The SMILES string of the molecule is COC(=O)[C@@H](NC(=O)c1csc(-c2ccc(NC(=O)Nc3ccc(F)cc3F)cc2)n1)C(C)C. The lowest BCUT2D eigenvalue weighted by Crippen LogP contribution is -2.45. The highest BCUT2D eigenvalue weighted by molar-refractivity contribution is 7.13. The molecule has 0 fully saturated rings. The fraction of sp³-hybridized carbons (Fsp3) is 0.217. The van der Waals surface area contributed by atoms with Crippen molar-refractivity contribution in [2.24, 2.45) is 5.92 Å². The van der Waals surface area contributed by atoms with Crippen LogP contribution in [0.25, 0.3) is 10.6 Å². The van der Waals surface area contributed by atoms with Crippen LogP contribution in [-0.2, 0) is 9.53 Å². The van der Waals surface area contributed by atoms with Crippen LogP contribution in [0.5, 0.6) is 0 Å². The van der Waals surface area contributed by atoms with Crippen LogP contribution < -0.4 is 16.0 Å². The van der Waals surface area contributed by atoms with Gasteiger partial charge in [-0.1, -0.05) is 13.8 Å². The maximum absolute atomic E-state index is 13.7. The van der Waals surface area contributed by atoms with E-state index in [0.29, 0.717) is 22.3 Å². The molecule has 3 aromatic rings. The summed E-state index contributed by atoms with van der Waals surface area (Å²) in [4.78, 5) is 40.8. The molecule has 11 heteroatoms. The Bertz CT molecular complexity index is 1200. The number of benzene rings is 2. The highest BCUT2D eigenvalue weighted by Gasteiger charge is 2.26. The summed E-state index contributed by atoms with van der Waals surface area (Å²) >= 11 is 1.24. The van der Waals surface area contributed by atoms with Gasteiger partial charge in [0.1, 0.15) is 28.4 Å². The number of nitrogens with one attached hydrogen (secondary N) is 3. The Hall–Kier alpha value is -3.86. The number of hydrogen-bond donors (Lipinski definition) is 3. The van der Waals surface area contributed by atoms with Crippen molar-refractivity contribution in [3.05, 3.63) is 65.2 Å². The van der Waals surface area contributed by atoms with Gasteiger partial charge in [0.05, 0.1) is 12.8 Å². The Morgan fingerprint density at radius 2 is 1.74 bits per heavy atom. The summed E-state index contributed by atoms with van der Waals surface area (Å²) < 4.78 is 31.4. The number of ether oxygens (including phenoxy) is 1. The Labute approximate surface area is 198 Å². The summed E-state index contributed by atoms with van der Waals surface area (Å²) in [5.74, 6) is -2.82. The van der Waals surface area contributed by atoms with Gasteiger partial charge in [-0.05, 0) is 42.3 Å². The van der Waals surface area contributed by atoms with Gasteiger partial charge < -0.3 is 20.7 Å². The summed E-state index contributed by atoms with van der Waals surface area (Å²) in [6.07, 6.45) is 0. The second-order valence-corrected chi connectivity index (χ2v) is 8.39. The number of methoxy groups -OCH3 is 1. The monoisotopic (exact) mass is 488 g/mol. The smallest absolute Gasteiger partial charge is 0.328 e. The van der Waals surface area contributed by atoms with Crippen molar-refractivity contribution in [2.45, 2.75) is 19.9 Å². The van der Waals surface area contributed by atoms with E-state index in [1.807, 2.05) is 0 Å². The summed E-state index contributed by atoms with van der Waals surface area (Å²) in [6.45, 7) is 3.58. The first-order valence-electron chi connectivity index (χ1n) is 10.2. The number of halogens is 2. The standard InChI is InChI=1S/C23H22F2N4O4S/c1-12(2)19(22(31)33-3)29-20(30)18-11-34-21(27-18)13-4-7-15(8-5-13)26-23(32)28-17-9-6-14(24)10-16(17)25/h4-12,19H,1-3H3,(H,29,30)(H2,26,28,32)/t19-/m0/s1. The topological polar surface area (TPSA) is 109 Å². The number of aromatic nitrogens is 1. The predicted octanol–water partition coefficient (Wildman–Crippen LogP) is 4.66. The zero-order valence-corrected chi connectivity index (χ0v) is 19.3. The number of carbonyl (C=O) groups is 3. The van der Waals surface area contributed by atoms with Gasteiger partial charge in [0.2, 0.25) is 0 Å². The third-order valence-corrected chi connectivity index (χ3v) is 5.61. The summed E-state index contributed by atoms with van der Waals surface area (Å²) in [7, 11) is 1.26. The van der Waals surface area contributed by atoms with E-state index in [-0.39, 0.29) is 17.3 Å². The average molecular weight is 489 g/mol. The van der Waals surface area contributed by atoms with Gasteiger partial charge in [0.25, 0.3) is 5.91 Å². The molecule has 1 heterocycles. The van der Waals surface area contributed by atoms with Gasteiger partial charge in [0, 0.05) is 22.7 Å². The van der Waals surface area contributed by atoms with Crippen LogP contribution in [0.3, 0.4) is 0 Å². The highest BCUT2D eigenvalue weighted by Crippen LogP contribution is 2.25. The molecule has 178 valence electrons. The summed E-state index contributed by atoms with van der Waals surface area (Å²) in [6, 6.07) is 7.96. The zero-order chi connectivity index (χ0) is 24.8. The van der Waals surface area contributed by atoms with Gasteiger partial charge in [-0.25, -0.2) is 23.4 Å². The molecule has 0 aliphatic rings. The maximum Gasteiger partial charge on any atom is 0.328 e. The first-order valence-corrected chi connectivity index (χ1v) is 11.0. The van der Waals surface area contributed by atoms with Crippen LogP contribution in [0.1, 0.15) is 24.3 Å². The van der Waals surface area contributed by atoms with E-state index >= 15 is 0 Å². The fourth-order valence-corrected chi connectivity index (χ4v) is 3.73. The molecule has 0 aliphatic heterocycles. The Morgan fingerprint density at radius 3 is 2.35 bits per heavy atom. The summed E-state index contributed by atoms with van der Waals surface area (Å²) in [5, 5.41) is 9.63. The summed E-state index contributed by atoms with van der Waals surface area (Å²) in [5.41, 5.74) is 1.14. The van der Waals surface area contributed by atoms with E-state index in [9.17, 15) is 23.2 Å². The Kier molecular flexibility index (Phi) is 7.90. The normalized spacial score (nSPS) is 11.6. The van der Waals surface area contributed by atoms with E-state index in [4.69, 9.17) is 4.74 Å². The number of anilines is 2. The highest BCUT2D eigenvalue weighted by atomic mass is 32.1. The van der Waals surface area contributed by atoms with E-state index in [1.54, 1.807) is 43.5 Å². The van der Waals surface area contributed by atoms with E-state index in [2.05, 4.69) is 20.9 Å². The van der Waals surface area contributed by atoms with Crippen molar-refractivity contribution in [3.8, 4) is 10.6 Å². The molecular weight excluding hydrogens is 466 g/mol.